The van der Waals surface area contributed by atoms with Crippen molar-refractivity contribution >= 4 is 26.1 Å². The summed E-state index contributed by atoms with van der Waals surface area (Å²) >= 11 is 2.92. The maximum atomic E-state index is 14.1. The van der Waals surface area contributed by atoms with Crippen LogP contribution in [0.25, 0.3) is 0 Å². The van der Waals surface area contributed by atoms with E-state index in [1.807, 2.05) is 0 Å². The van der Waals surface area contributed by atoms with Gasteiger partial charge in [-0.2, -0.15) is 0 Å². The van der Waals surface area contributed by atoms with Crippen LogP contribution in [-0.4, -0.2) is 50.7 Å². The van der Waals surface area contributed by atoms with Crippen LogP contribution in [0.1, 0.15) is 40.2 Å². The summed E-state index contributed by atoms with van der Waals surface area (Å²) in [6, 6.07) is 3.72. The molecule has 1 rings (SSSR count). The number of benzene rings is 1. The second-order valence-corrected chi connectivity index (χ2v) is 7.19. The molecule has 0 spiro atoms. The van der Waals surface area contributed by atoms with Gasteiger partial charge in [0.15, 0.2) is 0 Å². The summed E-state index contributed by atoms with van der Waals surface area (Å²) in [5.74, 6) is -0.547. The number of aliphatic imine (C=N–C) groups is 1. The Kier molecular flexibility index (Phi) is 8.57. The van der Waals surface area contributed by atoms with Gasteiger partial charge in [-0.05, 0) is 0 Å². The first-order valence-corrected chi connectivity index (χ1v) is 9.06. The van der Waals surface area contributed by atoms with E-state index in [-0.39, 0.29) is 18.1 Å². The third-order valence-electron chi connectivity index (χ3n) is 3.10. The molecule has 134 valence electrons. The van der Waals surface area contributed by atoms with Gasteiger partial charge in [0.25, 0.3) is 0 Å². The average Bonchev–Trinajstić information content (AvgIpc) is 2.45. The van der Waals surface area contributed by atoms with Crippen LogP contribution >= 0.6 is 0 Å². The van der Waals surface area contributed by atoms with Gasteiger partial charge in [0.05, 0.1) is 0 Å². The van der Waals surface area contributed by atoms with Crippen molar-refractivity contribution in [2.24, 2.45) is 16.8 Å². The summed E-state index contributed by atoms with van der Waals surface area (Å²) < 4.78 is 34.1. The van der Waals surface area contributed by atoms with E-state index in [0.717, 1.165) is 13.1 Å². The van der Waals surface area contributed by atoms with Crippen molar-refractivity contribution in [3.63, 3.8) is 0 Å². The summed E-state index contributed by atoms with van der Waals surface area (Å²) in [5.41, 5.74) is -0.235. The molecule has 0 aliphatic heterocycles. The van der Waals surface area contributed by atoms with Gasteiger partial charge in [0, 0.05) is 0 Å². The van der Waals surface area contributed by atoms with Gasteiger partial charge in [0.1, 0.15) is 0 Å². The van der Waals surface area contributed by atoms with Gasteiger partial charge >= 0.3 is 151 Å². The normalized spacial score (nSPS) is 12.0. The maximum absolute atomic E-state index is 14.1. The first-order valence-electron chi connectivity index (χ1n) is 8.21. The molecule has 0 unspecified atom stereocenters. The van der Waals surface area contributed by atoms with Crippen LogP contribution in [-0.2, 0) is 4.74 Å². The Labute approximate surface area is 151 Å². The summed E-state index contributed by atoms with van der Waals surface area (Å²) in [6.07, 6.45) is 0. The molecule has 0 heterocycles. The van der Waals surface area contributed by atoms with Crippen LogP contribution in [0.5, 0.6) is 0 Å². The summed E-state index contributed by atoms with van der Waals surface area (Å²) in [7, 11) is 0. The molecule has 0 atom stereocenters. The molecule has 0 saturated heterocycles. The van der Waals surface area contributed by atoms with Crippen LogP contribution < -0.4 is 0 Å². The number of hydrogen-bond acceptors (Lipinski definition) is 3. The molecule has 0 aromatic heterocycles. The zero-order valence-electron chi connectivity index (χ0n) is 15.0. The minimum absolute atomic E-state index is 0.0423. The van der Waals surface area contributed by atoms with Gasteiger partial charge in [-0.3, -0.25) is 0 Å². The summed E-state index contributed by atoms with van der Waals surface area (Å²) in [5, 5.41) is 0. The van der Waals surface area contributed by atoms with E-state index in [4.69, 9.17) is 4.74 Å². The SMILES string of the molecule is CCO/C(=N\C(=[Se])N(CC(C)C)CC(C)C)c1c(F)cccc1F. The molecule has 0 aliphatic rings. The summed E-state index contributed by atoms with van der Waals surface area (Å²) in [6.45, 7) is 12.1. The molecule has 0 saturated carbocycles. The number of hydrogen-bond donors (Lipinski definition) is 0. The fourth-order valence-corrected chi connectivity index (χ4v) is 2.76. The van der Waals surface area contributed by atoms with Crippen molar-refractivity contribution in [2.75, 3.05) is 19.7 Å². The first kappa shape index (κ1) is 20.8. The van der Waals surface area contributed by atoms with Crippen molar-refractivity contribution in [3.05, 3.63) is 35.4 Å². The van der Waals surface area contributed by atoms with Crippen LogP contribution in [0.4, 0.5) is 8.78 Å². The Morgan fingerprint density at radius 3 is 2.04 bits per heavy atom. The molecule has 0 radical (unpaired) electrons. The molecule has 0 bridgehead atoms. The second-order valence-electron chi connectivity index (χ2n) is 6.42. The Morgan fingerprint density at radius 2 is 1.62 bits per heavy atom. The molecule has 1 aromatic rings. The van der Waals surface area contributed by atoms with E-state index < -0.39 is 11.6 Å². The van der Waals surface area contributed by atoms with E-state index in [1.165, 1.54) is 18.2 Å². The van der Waals surface area contributed by atoms with Crippen molar-refractivity contribution in [1.29, 1.82) is 0 Å². The number of rotatable bonds is 8. The predicted octanol–water partition coefficient (Wildman–Crippen LogP) is 3.62. The van der Waals surface area contributed by atoms with Gasteiger partial charge in [-0.15, -0.1) is 0 Å². The van der Waals surface area contributed by atoms with E-state index in [1.54, 1.807) is 6.92 Å². The van der Waals surface area contributed by atoms with Crippen LogP contribution in [0.15, 0.2) is 23.2 Å². The van der Waals surface area contributed by atoms with Gasteiger partial charge in [-0.1, -0.05) is 0 Å². The van der Waals surface area contributed by atoms with E-state index in [0.29, 0.717) is 16.5 Å². The van der Waals surface area contributed by atoms with Gasteiger partial charge < -0.3 is 0 Å². The van der Waals surface area contributed by atoms with Crippen LogP contribution in [0.2, 0.25) is 0 Å². The second kappa shape index (κ2) is 9.90. The molecule has 0 fully saturated rings. The standard InChI is InChI=1S/C18H26F2N2OSe/c1-6-23-17(16-14(19)8-7-9-15(16)20)21-18(24)22(10-12(2)3)11-13(4)5/h7-9,12-13H,6,10-11H2,1-5H3/b21-17-. The van der Waals surface area contributed by atoms with Crippen molar-refractivity contribution in [2.45, 2.75) is 34.6 Å². The molecule has 0 amide bonds. The van der Waals surface area contributed by atoms with Crippen molar-refractivity contribution in [1.82, 2.24) is 4.90 Å². The number of nitrogens with zero attached hydrogens (tertiary/aromatic N) is 2. The first-order chi connectivity index (χ1) is 11.3. The Bertz CT molecular complexity index is 558. The molecule has 0 aliphatic carbocycles. The van der Waals surface area contributed by atoms with Gasteiger partial charge in [0.2, 0.25) is 0 Å². The number of halogens is 2. The molecule has 0 N–H and O–H groups in total. The van der Waals surface area contributed by atoms with Crippen molar-refractivity contribution < 1.29 is 13.5 Å². The zero-order chi connectivity index (χ0) is 18.3. The fourth-order valence-electron chi connectivity index (χ4n) is 2.27. The van der Waals surface area contributed by atoms with E-state index in [9.17, 15) is 8.78 Å². The minimum atomic E-state index is -0.686. The van der Waals surface area contributed by atoms with Gasteiger partial charge in [-0.25, -0.2) is 0 Å². The van der Waals surface area contributed by atoms with E-state index >= 15 is 0 Å². The Balaban J connectivity index is 3.19. The predicted molar refractivity (Wildman–Crippen MR) is 96.5 cm³/mol. The number of ether oxygens (including phenoxy) is 1. The zero-order valence-corrected chi connectivity index (χ0v) is 16.7. The topological polar surface area (TPSA) is 24.8 Å². The third-order valence-corrected chi connectivity index (χ3v) is 3.83. The molecule has 1 aromatic carbocycles. The van der Waals surface area contributed by atoms with Crippen molar-refractivity contribution in [3.8, 4) is 0 Å². The molecule has 3 nitrogen and oxygen atoms in total. The molecule has 6 heteroatoms. The monoisotopic (exact) mass is 404 g/mol. The molecular weight excluding hydrogens is 377 g/mol. The molecule has 24 heavy (non-hydrogen) atoms. The average molecular weight is 403 g/mol. The van der Waals surface area contributed by atoms with E-state index in [2.05, 4.69) is 53.2 Å². The van der Waals surface area contributed by atoms with Crippen LogP contribution in [0.3, 0.4) is 0 Å². The fraction of sp³-hybridized carbons (Fsp3) is 0.556. The van der Waals surface area contributed by atoms with Crippen LogP contribution in [0, 0.1) is 23.5 Å². The third kappa shape index (κ3) is 6.33. The summed E-state index contributed by atoms with van der Waals surface area (Å²) in [4.78, 5) is 6.44. The Morgan fingerprint density at radius 1 is 1.12 bits per heavy atom. The Hall–Kier alpha value is -1.26. The quantitative estimate of drug-likeness (QED) is 0.376. The molecular formula is C18H26F2N2OSe.